The minimum atomic E-state index is -0.147. The molecule has 1 fully saturated rings. The van der Waals surface area contributed by atoms with Gasteiger partial charge in [-0.3, -0.25) is 9.59 Å². The number of nitrogens with zero attached hydrogens (tertiary/aromatic N) is 4. The molecule has 1 atom stereocenters. The summed E-state index contributed by atoms with van der Waals surface area (Å²) in [6, 6.07) is 14.4. The van der Waals surface area contributed by atoms with Gasteiger partial charge >= 0.3 is 0 Å². The highest BCUT2D eigenvalue weighted by Gasteiger charge is 2.34. The number of aryl methyl sites for hydroxylation is 1. The molecule has 1 unspecified atom stereocenters. The SMILES string of the molecule is Cc1ccc(NC(=O)CSc2nnc(C3CCCN3C(=O)c3ccc(Cl)cc3)n2C)cc1. The van der Waals surface area contributed by atoms with Crippen LogP contribution in [0.15, 0.2) is 53.7 Å². The van der Waals surface area contributed by atoms with Gasteiger partial charge in [0.15, 0.2) is 11.0 Å². The predicted molar refractivity (Wildman–Crippen MR) is 126 cm³/mol. The number of benzene rings is 2. The maximum absolute atomic E-state index is 13.0. The lowest BCUT2D eigenvalue weighted by Gasteiger charge is -2.24. The van der Waals surface area contributed by atoms with E-state index in [9.17, 15) is 9.59 Å². The largest absolute Gasteiger partial charge is 0.328 e. The van der Waals surface area contributed by atoms with Crippen molar-refractivity contribution in [2.75, 3.05) is 17.6 Å². The van der Waals surface area contributed by atoms with Crippen molar-refractivity contribution < 1.29 is 9.59 Å². The zero-order valence-corrected chi connectivity index (χ0v) is 19.5. The standard InChI is InChI=1S/C23H24ClN5O2S/c1-15-5-11-18(12-6-15)25-20(30)14-32-23-27-26-21(28(23)2)19-4-3-13-29(19)22(31)16-7-9-17(24)10-8-16/h5-12,19H,3-4,13-14H2,1-2H3,(H,25,30). The number of carbonyl (C=O) groups excluding carboxylic acids is 2. The predicted octanol–water partition coefficient (Wildman–Crippen LogP) is 4.49. The van der Waals surface area contributed by atoms with Crippen LogP contribution in [0.1, 0.15) is 40.6 Å². The van der Waals surface area contributed by atoms with E-state index in [4.69, 9.17) is 11.6 Å². The Morgan fingerprint density at radius 3 is 2.56 bits per heavy atom. The summed E-state index contributed by atoms with van der Waals surface area (Å²) in [7, 11) is 1.87. The third-order valence-corrected chi connectivity index (χ3v) is 6.71. The third kappa shape index (κ3) is 4.97. The van der Waals surface area contributed by atoms with E-state index in [0.717, 1.165) is 29.9 Å². The molecule has 2 heterocycles. The number of nitrogens with one attached hydrogen (secondary N) is 1. The molecule has 7 nitrogen and oxygen atoms in total. The Morgan fingerprint density at radius 2 is 1.84 bits per heavy atom. The van der Waals surface area contributed by atoms with Gasteiger partial charge in [-0.2, -0.15) is 0 Å². The molecule has 3 aromatic rings. The first kappa shape index (κ1) is 22.4. The van der Waals surface area contributed by atoms with Crippen LogP contribution >= 0.6 is 23.4 Å². The van der Waals surface area contributed by atoms with E-state index in [1.807, 2.05) is 47.7 Å². The second-order valence-electron chi connectivity index (χ2n) is 7.77. The van der Waals surface area contributed by atoms with E-state index >= 15 is 0 Å². The summed E-state index contributed by atoms with van der Waals surface area (Å²) in [5.41, 5.74) is 2.51. The summed E-state index contributed by atoms with van der Waals surface area (Å²) in [6.45, 7) is 2.67. The topological polar surface area (TPSA) is 80.1 Å². The number of thioether (sulfide) groups is 1. The van der Waals surface area contributed by atoms with Gasteiger partial charge in [0, 0.05) is 29.9 Å². The van der Waals surface area contributed by atoms with Gasteiger partial charge in [-0.15, -0.1) is 10.2 Å². The quantitative estimate of drug-likeness (QED) is 0.538. The Kier molecular flexibility index (Phi) is 6.81. The minimum absolute atomic E-state index is 0.0427. The second-order valence-corrected chi connectivity index (χ2v) is 9.15. The monoisotopic (exact) mass is 469 g/mol. The molecule has 1 aliphatic rings. The summed E-state index contributed by atoms with van der Waals surface area (Å²) in [6.07, 6.45) is 1.72. The normalized spacial score (nSPS) is 15.7. The molecule has 1 N–H and O–H groups in total. The molecule has 32 heavy (non-hydrogen) atoms. The van der Waals surface area contributed by atoms with E-state index in [-0.39, 0.29) is 23.6 Å². The first-order valence-corrected chi connectivity index (χ1v) is 11.7. The number of halogens is 1. The first-order chi connectivity index (χ1) is 15.4. The van der Waals surface area contributed by atoms with Crippen LogP contribution in [0.5, 0.6) is 0 Å². The fraction of sp³-hybridized carbons (Fsp3) is 0.304. The Bertz CT molecular complexity index is 1110. The maximum Gasteiger partial charge on any atom is 0.254 e. The Hall–Kier alpha value is -2.84. The average molecular weight is 470 g/mol. The van der Waals surface area contributed by atoms with Crippen molar-refractivity contribution in [3.63, 3.8) is 0 Å². The van der Waals surface area contributed by atoms with Crippen LogP contribution in [0.2, 0.25) is 5.02 Å². The molecule has 0 bridgehead atoms. The zero-order valence-electron chi connectivity index (χ0n) is 17.9. The highest BCUT2D eigenvalue weighted by molar-refractivity contribution is 7.99. The molecule has 2 amide bonds. The lowest BCUT2D eigenvalue weighted by Crippen LogP contribution is -2.31. The zero-order chi connectivity index (χ0) is 22.7. The number of hydrogen-bond acceptors (Lipinski definition) is 5. The van der Waals surface area contributed by atoms with Crippen molar-refractivity contribution in [3.8, 4) is 0 Å². The second kappa shape index (κ2) is 9.75. The lowest BCUT2D eigenvalue weighted by atomic mass is 10.1. The Balaban J connectivity index is 1.41. The molecule has 1 saturated heterocycles. The lowest BCUT2D eigenvalue weighted by molar-refractivity contribution is -0.113. The molecular formula is C23H24ClN5O2S. The van der Waals surface area contributed by atoms with Gasteiger partial charge in [-0.1, -0.05) is 41.1 Å². The van der Waals surface area contributed by atoms with E-state index in [0.29, 0.717) is 22.3 Å². The van der Waals surface area contributed by atoms with Crippen LogP contribution in [0.4, 0.5) is 5.69 Å². The molecule has 166 valence electrons. The van der Waals surface area contributed by atoms with Crippen molar-refractivity contribution in [3.05, 3.63) is 70.5 Å². The summed E-state index contributed by atoms with van der Waals surface area (Å²) in [5, 5.41) is 12.8. The van der Waals surface area contributed by atoms with Crippen LogP contribution in [0.3, 0.4) is 0 Å². The number of amides is 2. The van der Waals surface area contributed by atoms with Gasteiger partial charge in [0.2, 0.25) is 5.91 Å². The van der Waals surface area contributed by atoms with E-state index in [2.05, 4.69) is 15.5 Å². The first-order valence-electron chi connectivity index (χ1n) is 10.4. The fourth-order valence-corrected chi connectivity index (χ4v) is 4.59. The van der Waals surface area contributed by atoms with Gasteiger partial charge in [-0.05, 0) is 56.2 Å². The van der Waals surface area contributed by atoms with Crippen molar-refractivity contribution in [2.24, 2.45) is 7.05 Å². The molecule has 1 aromatic heterocycles. The average Bonchev–Trinajstić information content (AvgIpc) is 3.40. The van der Waals surface area contributed by atoms with Crippen molar-refractivity contribution in [1.82, 2.24) is 19.7 Å². The van der Waals surface area contributed by atoms with E-state index in [1.165, 1.54) is 11.8 Å². The molecule has 0 radical (unpaired) electrons. The van der Waals surface area contributed by atoms with Crippen LogP contribution in [-0.2, 0) is 11.8 Å². The van der Waals surface area contributed by atoms with Gasteiger partial charge in [0.05, 0.1) is 11.8 Å². The number of aromatic nitrogens is 3. The van der Waals surface area contributed by atoms with Crippen LogP contribution < -0.4 is 5.32 Å². The van der Waals surface area contributed by atoms with Gasteiger partial charge in [-0.25, -0.2) is 0 Å². The molecule has 0 aliphatic carbocycles. The van der Waals surface area contributed by atoms with Crippen LogP contribution in [0, 0.1) is 6.92 Å². The number of anilines is 1. The van der Waals surface area contributed by atoms with Crippen molar-refractivity contribution in [2.45, 2.75) is 31.0 Å². The number of hydrogen-bond donors (Lipinski definition) is 1. The summed E-state index contributed by atoms with van der Waals surface area (Å²) >= 11 is 7.27. The number of carbonyl (C=O) groups is 2. The molecule has 0 saturated carbocycles. The summed E-state index contributed by atoms with van der Waals surface area (Å²) in [5.74, 6) is 0.798. The molecule has 0 spiro atoms. The molecule has 1 aliphatic heterocycles. The Morgan fingerprint density at radius 1 is 1.12 bits per heavy atom. The maximum atomic E-state index is 13.0. The Labute approximate surface area is 196 Å². The van der Waals surface area contributed by atoms with Crippen molar-refractivity contribution in [1.29, 1.82) is 0 Å². The fourth-order valence-electron chi connectivity index (χ4n) is 3.74. The number of rotatable bonds is 6. The van der Waals surface area contributed by atoms with Crippen LogP contribution in [0.25, 0.3) is 0 Å². The molecule has 9 heteroatoms. The van der Waals surface area contributed by atoms with Crippen molar-refractivity contribution >= 4 is 40.9 Å². The molecule has 4 rings (SSSR count). The van der Waals surface area contributed by atoms with E-state index < -0.39 is 0 Å². The van der Waals surface area contributed by atoms with Gasteiger partial charge in [0.25, 0.3) is 5.91 Å². The highest BCUT2D eigenvalue weighted by Crippen LogP contribution is 2.33. The van der Waals surface area contributed by atoms with Gasteiger partial charge in [0.1, 0.15) is 0 Å². The third-order valence-electron chi connectivity index (χ3n) is 5.44. The smallest absolute Gasteiger partial charge is 0.254 e. The summed E-state index contributed by atoms with van der Waals surface area (Å²) < 4.78 is 1.88. The van der Waals surface area contributed by atoms with Crippen LogP contribution in [-0.4, -0.2) is 43.8 Å². The minimum Gasteiger partial charge on any atom is -0.328 e. The number of likely N-dealkylation sites (tertiary alicyclic amines) is 1. The van der Waals surface area contributed by atoms with Gasteiger partial charge < -0.3 is 14.8 Å². The van der Waals surface area contributed by atoms with E-state index in [1.54, 1.807) is 24.3 Å². The summed E-state index contributed by atoms with van der Waals surface area (Å²) in [4.78, 5) is 27.2. The highest BCUT2D eigenvalue weighted by atomic mass is 35.5. The molecular weight excluding hydrogens is 446 g/mol. The molecule has 2 aromatic carbocycles.